The Hall–Kier alpha value is -0.200. The Bertz CT molecular complexity index is 54.5. The molecule has 2 N–H and O–H groups in total. The topological polar surface area (TPSA) is 62.2 Å². The van der Waals surface area contributed by atoms with Crippen molar-refractivity contribution in [3.63, 3.8) is 0 Å². The highest BCUT2D eigenvalue weighted by molar-refractivity contribution is 4.13. The predicted octanol–water partition coefficient (Wildman–Crippen LogP) is -0.929. The molecular formula is C4H11NO4. The van der Waals surface area contributed by atoms with E-state index < -0.39 is 13.6 Å². The summed E-state index contributed by atoms with van der Waals surface area (Å²) in [6, 6.07) is 0. The average Bonchev–Trinajstić information content (AvgIpc) is 1.88. The highest BCUT2D eigenvalue weighted by Gasteiger charge is 1.98. The summed E-state index contributed by atoms with van der Waals surface area (Å²) >= 11 is 0. The molecule has 0 saturated carbocycles. The minimum Gasteiger partial charge on any atom is -0.369 e. The molecule has 0 heterocycles. The summed E-state index contributed by atoms with van der Waals surface area (Å²) < 4.78 is 0. The van der Waals surface area contributed by atoms with Crippen LogP contribution in [0.5, 0.6) is 0 Å². The minimum atomic E-state index is -0.451. The molecular weight excluding hydrogens is 126 g/mol. The third kappa shape index (κ3) is 4.31. The molecule has 0 saturated heterocycles. The van der Waals surface area contributed by atoms with Crippen LogP contribution in [0.25, 0.3) is 0 Å². The normalized spacial score (nSPS) is 10.7. The summed E-state index contributed by atoms with van der Waals surface area (Å²) in [4.78, 5) is 8.88. The minimum absolute atomic E-state index is 0.446. The van der Waals surface area contributed by atoms with Crippen LogP contribution in [-0.4, -0.2) is 35.6 Å². The maximum absolute atomic E-state index is 8.17. The molecule has 0 aromatic carbocycles. The Kier molecular flexibility index (Phi) is 5.80. The molecule has 0 aliphatic rings. The number of aliphatic hydroxyl groups is 2. The molecule has 0 bridgehead atoms. The summed E-state index contributed by atoms with van der Waals surface area (Å²) in [6.07, 6.45) is 0. The predicted molar refractivity (Wildman–Crippen MR) is 28.7 cm³/mol. The van der Waals surface area contributed by atoms with Crippen LogP contribution in [0, 0.1) is 0 Å². The van der Waals surface area contributed by atoms with Crippen LogP contribution in [0.4, 0.5) is 0 Å². The molecule has 5 nitrogen and oxygen atoms in total. The zero-order chi connectivity index (χ0) is 7.11. The van der Waals surface area contributed by atoms with E-state index in [-0.39, 0.29) is 0 Å². The molecule has 0 radical (unpaired) electrons. The van der Waals surface area contributed by atoms with Crippen molar-refractivity contribution in [3.05, 3.63) is 0 Å². The molecule has 0 aliphatic carbocycles. The van der Waals surface area contributed by atoms with Crippen molar-refractivity contribution in [2.75, 3.05) is 20.1 Å². The first-order chi connectivity index (χ1) is 4.35. The number of rotatable bonds is 5. The van der Waals surface area contributed by atoms with E-state index in [4.69, 9.17) is 10.2 Å². The molecule has 9 heavy (non-hydrogen) atoms. The maximum Gasteiger partial charge on any atom is 0.166 e. The third-order valence-electron chi connectivity index (χ3n) is 0.662. The van der Waals surface area contributed by atoms with E-state index in [1.54, 1.807) is 6.92 Å². The van der Waals surface area contributed by atoms with Gasteiger partial charge < -0.3 is 10.2 Å². The van der Waals surface area contributed by atoms with E-state index in [9.17, 15) is 0 Å². The van der Waals surface area contributed by atoms with Gasteiger partial charge in [0.1, 0.15) is 0 Å². The number of hydrogen-bond acceptors (Lipinski definition) is 5. The molecule has 56 valence electrons. The third-order valence-corrected chi connectivity index (χ3v) is 0.662. The van der Waals surface area contributed by atoms with Gasteiger partial charge in [0.05, 0.1) is 0 Å². The molecule has 0 aromatic heterocycles. The van der Waals surface area contributed by atoms with Gasteiger partial charge in [-0.2, -0.15) is 0 Å². The molecule has 0 aliphatic heterocycles. The molecule has 0 rings (SSSR count). The van der Waals surface area contributed by atoms with Crippen LogP contribution in [-0.2, 0) is 9.68 Å². The number of aliphatic hydroxyl groups excluding tert-OH is 2. The lowest BCUT2D eigenvalue weighted by molar-refractivity contribution is -0.402. The van der Waals surface area contributed by atoms with Gasteiger partial charge in [0.15, 0.2) is 13.6 Å². The van der Waals surface area contributed by atoms with Gasteiger partial charge in [0, 0.05) is 6.54 Å². The van der Waals surface area contributed by atoms with E-state index in [1.165, 1.54) is 0 Å². The van der Waals surface area contributed by atoms with E-state index in [2.05, 4.69) is 9.68 Å². The van der Waals surface area contributed by atoms with Crippen LogP contribution in [0.1, 0.15) is 6.92 Å². The molecule has 0 amide bonds. The van der Waals surface area contributed by atoms with Crippen LogP contribution in [0.2, 0.25) is 0 Å². The second-order valence-corrected chi connectivity index (χ2v) is 1.17. The highest BCUT2D eigenvalue weighted by Crippen LogP contribution is 1.87. The van der Waals surface area contributed by atoms with E-state index in [1.807, 2.05) is 0 Å². The van der Waals surface area contributed by atoms with Gasteiger partial charge >= 0.3 is 0 Å². The lowest BCUT2D eigenvalue weighted by Crippen LogP contribution is -2.25. The van der Waals surface area contributed by atoms with E-state index in [0.717, 1.165) is 5.23 Å². The number of nitrogens with zero attached hydrogens (tertiary/aromatic N) is 1. The second kappa shape index (κ2) is 5.93. The Labute approximate surface area is 53.3 Å². The Balaban J connectivity index is 3.18. The van der Waals surface area contributed by atoms with Gasteiger partial charge in [0.25, 0.3) is 0 Å². The van der Waals surface area contributed by atoms with Crippen molar-refractivity contribution >= 4 is 0 Å². The standard InChI is InChI=1S/C4H11NO4/c1-2-5(8-3-6)9-4-7/h6-7H,2-4H2,1H3. The maximum atomic E-state index is 8.17. The van der Waals surface area contributed by atoms with Crippen molar-refractivity contribution < 1.29 is 19.9 Å². The fourth-order valence-corrected chi connectivity index (χ4v) is 0.349. The zero-order valence-electron chi connectivity index (χ0n) is 5.28. The van der Waals surface area contributed by atoms with Gasteiger partial charge in [-0.05, 0) is 6.92 Å². The molecule has 0 spiro atoms. The van der Waals surface area contributed by atoms with Crippen LogP contribution in [0.3, 0.4) is 0 Å². The quantitative estimate of drug-likeness (QED) is 0.378. The Morgan fingerprint density at radius 1 is 1.22 bits per heavy atom. The summed E-state index contributed by atoms with van der Waals surface area (Å²) in [5.41, 5.74) is 0. The summed E-state index contributed by atoms with van der Waals surface area (Å²) in [6.45, 7) is 1.30. The number of hydrogen-bond donors (Lipinski definition) is 2. The molecule has 0 aromatic rings. The Morgan fingerprint density at radius 3 is 1.89 bits per heavy atom. The van der Waals surface area contributed by atoms with Gasteiger partial charge in [-0.1, -0.05) is 5.23 Å². The average molecular weight is 137 g/mol. The van der Waals surface area contributed by atoms with Gasteiger partial charge in [-0.15, -0.1) is 0 Å². The summed E-state index contributed by atoms with van der Waals surface area (Å²) in [5.74, 6) is 0. The first-order valence-corrected chi connectivity index (χ1v) is 2.60. The fourth-order valence-electron chi connectivity index (χ4n) is 0.349. The molecule has 0 unspecified atom stereocenters. The van der Waals surface area contributed by atoms with Crippen LogP contribution in [0.15, 0.2) is 0 Å². The smallest absolute Gasteiger partial charge is 0.166 e. The zero-order valence-corrected chi connectivity index (χ0v) is 5.28. The SMILES string of the molecule is CCN(OCO)OCO. The first kappa shape index (κ1) is 8.80. The van der Waals surface area contributed by atoms with Crippen molar-refractivity contribution in [2.45, 2.75) is 6.92 Å². The van der Waals surface area contributed by atoms with E-state index >= 15 is 0 Å². The lowest BCUT2D eigenvalue weighted by Gasteiger charge is -2.15. The van der Waals surface area contributed by atoms with Crippen molar-refractivity contribution in [2.24, 2.45) is 0 Å². The molecule has 0 atom stereocenters. The Morgan fingerprint density at radius 2 is 1.67 bits per heavy atom. The summed E-state index contributed by atoms with van der Waals surface area (Å²) in [7, 11) is 0. The summed E-state index contributed by atoms with van der Waals surface area (Å²) in [5, 5.41) is 17.3. The number of hydroxylamine groups is 2. The monoisotopic (exact) mass is 137 g/mol. The largest absolute Gasteiger partial charge is 0.369 e. The van der Waals surface area contributed by atoms with E-state index in [0.29, 0.717) is 6.54 Å². The highest BCUT2D eigenvalue weighted by atomic mass is 17.0. The van der Waals surface area contributed by atoms with Gasteiger partial charge in [0.2, 0.25) is 0 Å². The molecule has 5 heteroatoms. The van der Waals surface area contributed by atoms with Crippen molar-refractivity contribution in [3.8, 4) is 0 Å². The van der Waals surface area contributed by atoms with Gasteiger partial charge in [-0.25, -0.2) is 9.68 Å². The van der Waals surface area contributed by atoms with Crippen LogP contribution >= 0.6 is 0 Å². The lowest BCUT2D eigenvalue weighted by atomic mass is 10.8. The molecule has 0 fully saturated rings. The second-order valence-electron chi connectivity index (χ2n) is 1.17. The van der Waals surface area contributed by atoms with Crippen molar-refractivity contribution in [1.82, 2.24) is 5.23 Å². The van der Waals surface area contributed by atoms with Crippen molar-refractivity contribution in [1.29, 1.82) is 0 Å². The van der Waals surface area contributed by atoms with Gasteiger partial charge in [-0.3, -0.25) is 0 Å². The fraction of sp³-hybridized carbons (Fsp3) is 1.00. The first-order valence-electron chi connectivity index (χ1n) is 2.60. The van der Waals surface area contributed by atoms with Crippen LogP contribution < -0.4 is 0 Å².